The summed E-state index contributed by atoms with van der Waals surface area (Å²) in [7, 11) is 1.89. The Kier molecular flexibility index (Phi) is 4.00. The molecule has 0 bridgehead atoms. The van der Waals surface area contributed by atoms with Crippen LogP contribution in [0.15, 0.2) is 42.5 Å². The third kappa shape index (κ3) is 2.55. The van der Waals surface area contributed by atoms with Gasteiger partial charge in [-0.2, -0.15) is 0 Å². The van der Waals surface area contributed by atoms with Gasteiger partial charge in [-0.15, -0.1) is 0 Å². The maximum Gasteiger partial charge on any atom is 0.131 e. The molecular weight excluding hydrogens is 249 g/mol. The highest BCUT2D eigenvalue weighted by Gasteiger charge is 2.11. The van der Waals surface area contributed by atoms with Crippen molar-refractivity contribution in [2.45, 2.75) is 13.0 Å². The highest BCUT2D eigenvalue weighted by molar-refractivity contribution is 6.33. The minimum atomic E-state index is -0.256. The topological polar surface area (TPSA) is 12.0 Å². The van der Waals surface area contributed by atoms with Crippen molar-refractivity contribution in [3.8, 4) is 11.1 Å². The van der Waals surface area contributed by atoms with E-state index >= 15 is 0 Å². The van der Waals surface area contributed by atoms with E-state index in [0.29, 0.717) is 10.6 Å². The number of halogens is 2. The fraction of sp³-hybridized carbons (Fsp3) is 0.200. The van der Waals surface area contributed by atoms with Gasteiger partial charge in [0, 0.05) is 22.2 Å². The lowest BCUT2D eigenvalue weighted by molar-refractivity contribution is 0.631. The van der Waals surface area contributed by atoms with E-state index in [1.54, 1.807) is 12.1 Å². The van der Waals surface area contributed by atoms with Crippen molar-refractivity contribution in [3.63, 3.8) is 0 Å². The normalized spacial score (nSPS) is 12.4. The Labute approximate surface area is 112 Å². The minimum absolute atomic E-state index is 0.202. The molecule has 1 atom stereocenters. The van der Waals surface area contributed by atoms with Gasteiger partial charge < -0.3 is 5.32 Å². The van der Waals surface area contributed by atoms with Crippen LogP contribution in [0.2, 0.25) is 5.02 Å². The van der Waals surface area contributed by atoms with Gasteiger partial charge in [0.1, 0.15) is 5.82 Å². The van der Waals surface area contributed by atoms with Crippen LogP contribution in [0.4, 0.5) is 4.39 Å². The van der Waals surface area contributed by atoms with Crippen molar-refractivity contribution in [1.29, 1.82) is 0 Å². The molecule has 0 spiro atoms. The fourth-order valence-electron chi connectivity index (χ4n) is 1.86. The minimum Gasteiger partial charge on any atom is -0.313 e. The first-order valence-electron chi connectivity index (χ1n) is 5.85. The van der Waals surface area contributed by atoms with Crippen molar-refractivity contribution in [2.24, 2.45) is 0 Å². The van der Waals surface area contributed by atoms with Gasteiger partial charge in [-0.1, -0.05) is 35.9 Å². The van der Waals surface area contributed by atoms with Gasteiger partial charge >= 0.3 is 0 Å². The standard InChI is InChI=1S/C15H15ClFN/c1-10(18-2)11-7-8-14(16)13(9-11)12-5-3-4-6-15(12)17/h3-10,18H,1-2H3. The van der Waals surface area contributed by atoms with E-state index in [2.05, 4.69) is 5.32 Å². The first kappa shape index (κ1) is 13.1. The van der Waals surface area contributed by atoms with Crippen molar-refractivity contribution in [3.05, 3.63) is 58.9 Å². The molecule has 3 heteroatoms. The smallest absolute Gasteiger partial charge is 0.131 e. The molecule has 1 N–H and O–H groups in total. The zero-order valence-electron chi connectivity index (χ0n) is 10.4. The highest BCUT2D eigenvalue weighted by Crippen LogP contribution is 2.32. The molecule has 2 aromatic rings. The quantitative estimate of drug-likeness (QED) is 0.864. The molecule has 0 aliphatic rings. The number of nitrogens with one attached hydrogen (secondary N) is 1. The van der Waals surface area contributed by atoms with Crippen LogP contribution in [-0.4, -0.2) is 7.05 Å². The Balaban J connectivity index is 2.54. The summed E-state index contributed by atoms with van der Waals surface area (Å²) < 4.78 is 13.8. The van der Waals surface area contributed by atoms with Crippen LogP contribution in [0.5, 0.6) is 0 Å². The first-order valence-corrected chi connectivity index (χ1v) is 6.23. The Morgan fingerprint density at radius 2 is 1.83 bits per heavy atom. The maximum atomic E-state index is 13.8. The summed E-state index contributed by atoms with van der Waals surface area (Å²) in [6.07, 6.45) is 0. The van der Waals surface area contributed by atoms with Gasteiger partial charge in [-0.3, -0.25) is 0 Å². The van der Waals surface area contributed by atoms with Gasteiger partial charge in [-0.05, 0) is 37.7 Å². The summed E-state index contributed by atoms with van der Waals surface area (Å²) in [4.78, 5) is 0. The van der Waals surface area contributed by atoms with Crippen LogP contribution in [0.25, 0.3) is 11.1 Å². The lowest BCUT2D eigenvalue weighted by atomic mass is 9.99. The molecule has 0 aromatic heterocycles. The van der Waals surface area contributed by atoms with E-state index in [1.807, 2.05) is 38.2 Å². The molecule has 2 aromatic carbocycles. The molecule has 0 saturated carbocycles. The molecule has 18 heavy (non-hydrogen) atoms. The van der Waals surface area contributed by atoms with Gasteiger partial charge in [-0.25, -0.2) is 4.39 Å². The molecule has 1 unspecified atom stereocenters. The summed E-state index contributed by atoms with van der Waals surface area (Å²) in [5, 5.41) is 3.72. The molecular formula is C15H15ClFN. The Hall–Kier alpha value is -1.38. The molecule has 0 radical (unpaired) electrons. The van der Waals surface area contributed by atoms with Crippen LogP contribution >= 0.6 is 11.6 Å². The SMILES string of the molecule is CNC(C)c1ccc(Cl)c(-c2ccccc2F)c1. The van der Waals surface area contributed by atoms with Crippen molar-refractivity contribution >= 4 is 11.6 Å². The van der Waals surface area contributed by atoms with Gasteiger partial charge in [0.2, 0.25) is 0 Å². The zero-order valence-corrected chi connectivity index (χ0v) is 11.1. The van der Waals surface area contributed by atoms with Gasteiger partial charge in [0.05, 0.1) is 0 Å². The van der Waals surface area contributed by atoms with Crippen LogP contribution in [-0.2, 0) is 0 Å². The average molecular weight is 264 g/mol. The first-order chi connectivity index (χ1) is 8.63. The number of hydrogen-bond acceptors (Lipinski definition) is 1. The molecule has 1 nitrogen and oxygen atoms in total. The van der Waals surface area contributed by atoms with Gasteiger partial charge in [0.25, 0.3) is 0 Å². The predicted molar refractivity (Wildman–Crippen MR) is 74.3 cm³/mol. The van der Waals surface area contributed by atoms with Crippen molar-refractivity contribution in [2.75, 3.05) is 7.05 Å². The second-order valence-corrected chi connectivity index (χ2v) is 4.64. The molecule has 0 amide bonds. The molecule has 94 valence electrons. The molecule has 0 aliphatic heterocycles. The lowest BCUT2D eigenvalue weighted by Crippen LogP contribution is -2.12. The Morgan fingerprint density at radius 1 is 1.11 bits per heavy atom. The van der Waals surface area contributed by atoms with E-state index in [9.17, 15) is 4.39 Å². The summed E-state index contributed by atoms with van der Waals surface area (Å²) in [6, 6.07) is 12.6. The summed E-state index contributed by atoms with van der Waals surface area (Å²) >= 11 is 6.16. The second-order valence-electron chi connectivity index (χ2n) is 4.23. The molecule has 2 rings (SSSR count). The lowest BCUT2D eigenvalue weighted by Gasteiger charge is -2.13. The van der Waals surface area contributed by atoms with E-state index in [1.165, 1.54) is 6.07 Å². The van der Waals surface area contributed by atoms with Crippen LogP contribution < -0.4 is 5.32 Å². The second kappa shape index (κ2) is 5.51. The Morgan fingerprint density at radius 3 is 2.50 bits per heavy atom. The molecule has 0 saturated heterocycles. The average Bonchev–Trinajstić information content (AvgIpc) is 2.39. The third-order valence-corrected chi connectivity index (χ3v) is 3.42. The largest absolute Gasteiger partial charge is 0.313 e. The number of rotatable bonds is 3. The Bertz CT molecular complexity index is 554. The summed E-state index contributed by atoms with van der Waals surface area (Å²) in [5.74, 6) is -0.256. The number of benzene rings is 2. The van der Waals surface area contributed by atoms with Crippen molar-refractivity contribution < 1.29 is 4.39 Å². The zero-order chi connectivity index (χ0) is 13.1. The number of hydrogen-bond donors (Lipinski definition) is 1. The van der Waals surface area contributed by atoms with Crippen LogP contribution in [0.1, 0.15) is 18.5 Å². The van der Waals surface area contributed by atoms with Gasteiger partial charge in [0.15, 0.2) is 0 Å². The fourth-order valence-corrected chi connectivity index (χ4v) is 2.08. The van der Waals surface area contributed by atoms with E-state index in [0.717, 1.165) is 11.1 Å². The molecule has 0 aliphatic carbocycles. The van der Waals surface area contributed by atoms with E-state index in [4.69, 9.17) is 11.6 Å². The van der Waals surface area contributed by atoms with E-state index in [-0.39, 0.29) is 11.9 Å². The maximum absolute atomic E-state index is 13.8. The highest BCUT2D eigenvalue weighted by atomic mass is 35.5. The van der Waals surface area contributed by atoms with Crippen LogP contribution in [0.3, 0.4) is 0 Å². The monoisotopic (exact) mass is 263 g/mol. The summed E-state index contributed by atoms with van der Waals surface area (Å²) in [5.41, 5.74) is 2.35. The van der Waals surface area contributed by atoms with Crippen molar-refractivity contribution in [1.82, 2.24) is 5.32 Å². The predicted octanol–water partition coefficient (Wildman–Crippen LogP) is 4.43. The summed E-state index contributed by atoms with van der Waals surface area (Å²) in [6.45, 7) is 2.05. The molecule has 0 fully saturated rings. The van der Waals surface area contributed by atoms with Crippen LogP contribution in [0, 0.1) is 5.82 Å². The third-order valence-electron chi connectivity index (χ3n) is 3.09. The van der Waals surface area contributed by atoms with E-state index < -0.39 is 0 Å². The molecule has 0 heterocycles.